The van der Waals surface area contributed by atoms with Gasteiger partial charge in [-0.3, -0.25) is 4.79 Å². The number of piperidine rings is 2. The Morgan fingerprint density at radius 2 is 1.74 bits per heavy atom. The van der Waals surface area contributed by atoms with Crippen LogP contribution in [0.25, 0.3) is 0 Å². The van der Waals surface area contributed by atoms with Gasteiger partial charge in [0.05, 0.1) is 0 Å². The third-order valence-corrected chi connectivity index (χ3v) is 6.08. The smallest absolute Gasteiger partial charge is 0.260 e. The molecule has 2 heterocycles. The molecule has 0 aromatic heterocycles. The Morgan fingerprint density at radius 1 is 1.04 bits per heavy atom. The molecule has 3 rings (SSSR count). The van der Waals surface area contributed by atoms with Gasteiger partial charge in [-0.1, -0.05) is 32.4 Å². The van der Waals surface area contributed by atoms with Crippen molar-refractivity contribution in [2.24, 2.45) is 0 Å². The van der Waals surface area contributed by atoms with Crippen LogP contribution < -0.4 is 4.74 Å². The van der Waals surface area contributed by atoms with Crippen LogP contribution >= 0.6 is 0 Å². The van der Waals surface area contributed by atoms with E-state index in [0.29, 0.717) is 12.0 Å². The normalized spacial score (nSPS) is 21.4. The summed E-state index contributed by atoms with van der Waals surface area (Å²) in [6, 6.07) is 8.53. The molecule has 0 bridgehead atoms. The Bertz CT molecular complexity index is 579. The van der Waals surface area contributed by atoms with Crippen LogP contribution in [0.1, 0.15) is 70.3 Å². The summed E-state index contributed by atoms with van der Waals surface area (Å²) in [5.41, 5.74) is 1.29. The summed E-state index contributed by atoms with van der Waals surface area (Å²) < 4.78 is 5.80. The number of nitrogens with zero attached hydrogens (tertiary/aromatic N) is 2. The lowest BCUT2D eigenvalue weighted by Crippen LogP contribution is -2.47. The van der Waals surface area contributed by atoms with E-state index in [1.807, 2.05) is 12.1 Å². The molecule has 27 heavy (non-hydrogen) atoms. The van der Waals surface area contributed by atoms with Gasteiger partial charge in [-0.05, 0) is 75.2 Å². The fourth-order valence-corrected chi connectivity index (χ4v) is 4.32. The second kappa shape index (κ2) is 10.1. The first-order chi connectivity index (χ1) is 13.1. The highest BCUT2D eigenvalue weighted by molar-refractivity contribution is 5.78. The highest BCUT2D eigenvalue weighted by Gasteiger charge is 2.27. The number of hydrogen-bond acceptors (Lipinski definition) is 3. The molecule has 2 fully saturated rings. The molecule has 0 saturated carbocycles. The van der Waals surface area contributed by atoms with Crippen molar-refractivity contribution >= 4 is 5.91 Å². The zero-order valence-corrected chi connectivity index (χ0v) is 17.2. The second-order valence-electron chi connectivity index (χ2n) is 8.44. The minimum Gasteiger partial charge on any atom is -0.484 e. The van der Waals surface area contributed by atoms with Crippen molar-refractivity contribution in [1.82, 2.24) is 9.80 Å². The molecule has 0 N–H and O–H groups in total. The maximum Gasteiger partial charge on any atom is 0.260 e. The Hall–Kier alpha value is -1.55. The average molecular weight is 373 g/mol. The van der Waals surface area contributed by atoms with Crippen molar-refractivity contribution in [3.8, 4) is 5.75 Å². The van der Waals surface area contributed by atoms with E-state index in [2.05, 4.69) is 35.8 Å². The number of carbonyl (C=O) groups is 1. The molecule has 2 aliphatic heterocycles. The summed E-state index contributed by atoms with van der Waals surface area (Å²) in [7, 11) is 0. The molecular weight excluding hydrogens is 336 g/mol. The van der Waals surface area contributed by atoms with Crippen molar-refractivity contribution in [3.05, 3.63) is 29.8 Å². The molecule has 2 saturated heterocycles. The molecule has 1 amide bonds. The molecule has 4 nitrogen and oxygen atoms in total. The molecule has 1 atom stereocenters. The van der Waals surface area contributed by atoms with Gasteiger partial charge in [0, 0.05) is 19.1 Å². The third kappa shape index (κ3) is 5.97. The van der Waals surface area contributed by atoms with Crippen LogP contribution in [0.15, 0.2) is 24.3 Å². The maximum absolute atomic E-state index is 12.8. The van der Waals surface area contributed by atoms with Gasteiger partial charge < -0.3 is 14.5 Å². The van der Waals surface area contributed by atoms with Gasteiger partial charge in [0.1, 0.15) is 5.75 Å². The van der Waals surface area contributed by atoms with Crippen LogP contribution in [0.3, 0.4) is 0 Å². The summed E-state index contributed by atoms with van der Waals surface area (Å²) >= 11 is 0. The molecule has 1 unspecified atom stereocenters. The first-order valence-corrected chi connectivity index (χ1v) is 10.9. The van der Waals surface area contributed by atoms with E-state index in [1.54, 1.807) is 0 Å². The number of ether oxygens (including phenoxy) is 1. The molecule has 4 heteroatoms. The monoisotopic (exact) mass is 372 g/mol. The SMILES string of the molecule is CC(C)c1ccc(OCC(=O)N2CCCCC2CCN2CCCCC2)cc1. The lowest BCUT2D eigenvalue weighted by Gasteiger charge is -2.37. The molecule has 150 valence electrons. The fraction of sp³-hybridized carbons (Fsp3) is 0.696. The third-order valence-electron chi connectivity index (χ3n) is 6.08. The summed E-state index contributed by atoms with van der Waals surface area (Å²) in [5, 5.41) is 0. The van der Waals surface area contributed by atoms with Crippen LogP contribution in [0, 0.1) is 0 Å². The summed E-state index contributed by atoms with van der Waals surface area (Å²) in [6.07, 6.45) is 8.64. The quantitative estimate of drug-likeness (QED) is 0.709. The fourth-order valence-electron chi connectivity index (χ4n) is 4.32. The van der Waals surface area contributed by atoms with Crippen molar-refractivity contribution in [1.29, 1.82) is 0 Å². The van der Waals surface area contributed by atoms with Gasteiger partial charge in [0.15, 0.2) is 6.61 Å². The Kier molecular flexibility index (Phi) is 7.57. The van der Waals surface area contributed by atoms with Gasteiger partial charge in [-0.15, -0.1) is 0 Å². The first kappa shape index (κ1) is 20.2. The highest BCUT2D eigenvalue weighted by atomic mass is 16.5. The Balaban J connectivity index is 1.48. The zero-order chi connectivity index (χ0) is 19.1. The minimum atomic E-state index is 0.145. The van der Waals surface area contributed by atoms with E-state index >= 15 is 0 Å². The molecule has 0 spiro atoms. The van der Waals surface area contributed by atoms with E-state index in [9.17, 15) is 4.79 Å². The van der Waals surface area contributed by atoms with Crippen molar-refractivity contribution < 1.29 is 9.53 Å². The Morgan fingerprint density at radius 3 is 2.44 bits per heavy atom. The molecule has 1 aromatic carbocycles. The summed E-state index contributed by atoms with van der Waals surface area (Å²) in [6.45, 7) is 9.00. The average Bonchev–Trinajstić information content (AvgIpc) is 2.71. The zero-order valence-electron chi connectivity index (χ0n) is 17.2. The molecule has 1 aromatic rings. The van der Waals surface area contributed by atoms with Crippen LogP contribution in [-0.4, -0.2) is 54.5 Å². The number of hydrogen-bond donors (Lipinski definition) is 0. The van der Waals surface area contributed by atoms with Crippen molar-refractivity contribution in [2.45, 2.75) is 70.8 Å². The lowest BCUT2D eigenvalue weighted by molar-refractivity contribution is -0.137. The van der Waals surface area contributed by atoms with E-state index in [1.165, 1.54) is 44.3 Å². The number of carbonyl (C=O) groups excluding carboxylic acids is 1. The largest absolute Gasteiger partial charge is 0.484 e. The van der Waals surface area contributed by atoms with Crippen LogP contribution in [0.5, 0.6) is 5.75 Å². The van der Waals surface area contributed by atoms with Gasteiger partial charge in [-0.2, -0.15) is 0 Å². The van der Waals surface area contributed by atoms with Crippen molar-refractivity contribution in [2.75, 3.05) is 32.8 Å². The molecule has 2 aliphatic rings. The topological polar surface area (TPSA) is 32.8 Å². The van der Waals surface area contributed by atoms with Crippen LogP contribution in [0.2, 0.25) is 0 Å². The van der Waals surface area contributed by atoms with E-state index in [4.69, 9.17) is 4.74 Å². The summed E-state index contributed by atoms with van der Waals surface area (Å²) in [4.78, 5) is 17.5. The number of likely N-dealkylation sites (tertiary alicyclic amines) is 2. The Labute approximate surface area is 164 Å². The number of amides is 1. The predicted molar refractivity (Wildman–Crippen MR) is 110 cm³/mol. The number of rotatable bonds is 7. The van der Waals surface area contributed by atoms with E-state index in [-0.39, 0.29) is 12.5 Å². The van der Waals surface area contributed by atoms with E-state index < -0.39 is 0 Å². The predicted octanol–water partition coefficient (Wildman–Crippen LogP) is 4.45. The maximum atomic E-state index is 12.8. The second-order valence-corrected chi connectivity index (χ2v) is 8.44. The van der Waals surface area contributed by atoms with Gasteiger partial charge in [-0.25, -0.2) is 0 Å². The molecule has 0 aliphatic carbocycles. The molecule has 0 radical (unpaired) electrons. The van der Waals surface area contributed by atoms with Crippen LogP contribution in [0.4, 0.5) is 0 Å². The standard InChI is InChI=1S/C23H36N2O2/c1-19(2)20-9-11-22(12-10-20)27-18-23(26)25-16-7-4-8-21(25)13-17-24-14-5-3-6-15-24/h9-12,19,21H,3-8,13-18H2,1-2H3. The van der Waals surface area contributed by atoms with Crippen LogP contribution in [-0.2, 0) is 4.79 Å². The van der Waals surface area contributed by atoms with Gasteiger partial charge in [0.2, 0.25) is 0 Å². The lowest BCUT2D eigenvalue weighted by atomic mass is 9.98. The van der Waals surface area contributed by atoms with Gasteiger partial charge >= 0.3 is 0 Å². The number of benzene rings is 1. The highest BCUT2D eigenvalue weighted by Crippen LogP contribution is 2.22. The molecular formula is C23H36N2O2. The first-order valence-electron chi connectivity index (χ1n) is 10.9. The summed E-state index contributed by atoms with van der Waals surface area (Å²) in [5.74, 6) is 1.44. The minimum absolute atomic E-state index is 0.145. The van der Waals surface area contributed by atoms with Crippen molar-refractivity contribution in [3.63, 3.8) is 0 Å². The van der Waals surface area contributed by atoms with E-state index in [0.717, 1.165) is 38.1 Å². The van der Waals surface area contributed by atoms with Gasteiger partial charge in [0.25, 0.3) is 5.91 Å².